The van der Waals surface area contributed by atoms with E-state index in [2.05, 4.69) is 0 Å². The fraction of sp³-hybridized carbons (Fsp3) is 0.222. The fourth-order valence-electron chi connectivity index (χ4n) is 1.53. The molecule has 13 heavy (non-hydrogen) atoms. The Balaban J connectivity index is 3.12. The summed E-state index contributed by atoms with van der Waals surface area (Å²) in [5, 5.41) is 0.609. The Labute approximate surface area is 80.2 Å². The molecular formula is C9H9ClN2O. The zero-order valence-corrected chi connectivity index (χ0v) is 8.17. The molecule has 0 saturated heterocycles. The Morgan fingerprint density at radius 2 is 1.92 bits per heavy atom. The molecule has 0 spiro atoms. The average molecular weight is 197 g/mol. The predicted molar refractivity (Wildman–Crippen MR) is 53.2 cm³/mol. The van der Waals surface area contributed by atoms with Crippen LogP contribution in [0.15, 0.2) is 23.0 Å². The van der Waals surface area contributed by atoms with Crippen molar-refractivity contribution in [3.8, 4) is 0 Å². The summed E-state index contributed by atoms with van der Waals surface area (Å²) in [5.74, 6) is 0. The Hall–Kier alpha value is -1.22. The van der Waals surface area contributed by atoms with Crippen LogP contribution >= 0.6 is 11.6 Å². The van der Waals surface area contributed by atoms with E-state index in [0.29, 0.717) is 5.02 Å². The van der Waals surface area contributed by atoms with Gasteiger partial charge in [0.15, 0.2) is 0 Å². The molecule has 4 heteroatoms. The number of aromatic nitrogens is 2. The third kappa shape index (κ3) is 1.00. The van der Waals surface area contributed by atoms with Crippen LogP contribution < -0.4 is 5.69 Å². The maximum absolute atomic E-state index is 11.5. The average Bonchev–Trinajstić information content (AvgIpc) is 2.33. The zero-order chi connectivity index (χ0) is 9.59. The number of fused-ring (bicyclic) bond motifs is 1. The van der Waals surface area contributed by atoms with E-state index in [1.807, 2.05) is 12.1 Å². The lowest BCUT2D eigenvalue weighted by atomic mass is 10.3. The van der Waals surface area contributed by atoms with Gasteiger partial charge in [-0.15, -0.1) is 0 Å². The van der Waals surface area contributed by atoms with Crippen molar-refractivity contribution >= 4 is 22.6 Å². The van der Waals surface area contributed by atoms with Crippen molar-refractivity contribution in [1.29, 1.82) is 0 Å². The van der Waals surface area contributed by atoms with Gasteiger partial charge < -0.3 is 0 Å². The predicted octanol–water partition coefficient (Wildman–Crippen LogP) is 1.53. The summed E-state index contributed by atoms with van der Waals surface area (Å²) in [6, 6.07) is 5.50. The van der Waals surface area contributed by atoms with Crippen molar-refractivity contribution in [2.24, 2.45) is 14.1 Å². The first kappa shape index (κ1) is 8.38. The Bertz CT molecular complexity index is 524. The third-order valence-corrected chi connectivity index (χ3v) is 2.54. The molecule has 2 aromatic rings. The molecule has 1 heterocycles. The number of imidazole rings is 1. The maximum Gasteiger partial charge on any atom is 0.328 e. The molecule has 0 amide bonds. The maximum atomic E-state index is 11.5. The summed E-state index contributed by atoms with van der Waals surface area (Å²) in [6.07, 6.45) is 0. The van der Waals surface area contributed by atoms with Gasteiger partial charge in [-0.05, 0) is 12.1 Å². The number of benzene rings is 1. The fourth-order valence-corrected chi connectivity index (χ4v) is 1.83. The van der Waals surface area contributed by atoms with E-state index in [9.17, 15) is 4.79 Å². The Kier molecular flexibility index (Phi) is 1.70. The Morgan fingerprint density at radius 3 is 2.54 bits per heavy atom. The van der Waals surface area contributed by atoms with Crippen LogP contribution in [0, 0.1) is 0 Å². The van der Waals surface area contributed by atoms with Gasteiger partial charge in [-0.3, -0.25) is 9.13 Å². The van der Waals surface area contributed by atoms with E-state index in [1.54, 1.807) is 29.3 Å². The molecule has 1 aromatic heterocycles. The minimum atomic E-state index is -0.0527. The van der Waals surface area contributed by atoms with Crippen LogP contribution in [0.25, 0.3) is 11.0 Å². The molecule has 0 fully saturated rings. The van der Waals surface area contributed by atoms with Gasteiger partial charge in [0.2, 0.25) is 0 Å². The van der Waals surface area contributed by atoms with E-state index in [1.165, 1.54) is 0 Å². The smallest absolute Gasteiger partial charge is 0.295 e. The lowest BCUT2D eigenvalue weighted by Crippen LogP contribution is -2.19. The SMILES string of the molecule is Cn1c(=O)n(C)c2c(Cl)cccc21. The van der Waals surface area contributed by atoms with Gasteiger partial charge in [-0.25, -0.2) is 4.79 Å². The van der Waals surface area contributed by atoms with Crippen LogP contribution in [0.2, 0.25) is 5.02 Å². The van der Waals surface area contributed by atoms with Crippen LogP contribution in [0.4, 0.5) is 0 Å². The molecule has 0 atom stereocenters. The third-order valence-electron chi connectivity index (χ3n) is 2.24. The van der Waals surface area contributed by atoms with E-state index in [0.717, 1.165) is 11.0 Å². The van der Waals surface area contributed by atoms with Crippen molar-refractivity contribution < 1.29 is 0 Å². The molecule has 0 bridgehead atoms. The number of halogens is 1. The minimum Gasteiger partial charge on any atom is -0.295 e. The largest absolute Gasteiger partial charge is 0.328 e. The molecule has 0 radical (unpaired) electrons. The number of para-hydroxylation sites is 1. The summed E-state index contributed by atoms with van der Waals surface area (Å²) >= 11 is 5.97. The van der Waals surface area contributed by atoms with Crippen molar-refractivity contribution in [2.45, 2.75) is 0 Å². The van der Waals surface area contributed by atoms with Crippen molar-refractivity contribution in [3.63, 3.8) is 0 Å². The first-order chi connectivity index (χ1) is 6.13. The normalized spacial score (nSPS) is 11.0. The van der Waals surface area contributed by atoms with Crippen molar-refractivity contribution in [2.75, 3.05) is 0 Å². The van der Waals surface area contributed by atoms with E-state index >= 15 is 0 Å². The quantitative estimate of drug-likeness (QED) is 0.628. The highest BCUT2D eigenvalue weighted by atomic mass is 35.5. The molecule has 0 saturated carbocycles. The molecule has 1 aromatic carbocycles. The van der Waals surface area contributed by atoms with Crippen LogP contribution in [0.3, 0.4) is 0 Å². The monoisotopic (exact) mass is 196 g/mol. The molecule has 2 rings (SSSR count). The summed E-state index contributed by atoms with van der Waals surface area (Å²) in [4.78, 5) is 11.5. The van der Waals surface area contributed by atoms with Gasteiger partial charge in [-0.1, -0.05) is 17.7 Å². The van der Waals surface area contributed by atoms with Crippen LogP contribution in [0.5, 0.6) is 0 Å². The number of nitrogens with zero attached hydrogens (tertiary/aromatic N) is 2. The van der Waals surface area contributed by atoms with Crippen LogP contribution in [-0.2, 0) is 14.1 Å². The lowest BCUT2D eigenvalue weighted by Gasteiger charge is -1.95. The highest BCUT2D eigenvalue weighted by Crippen LogP contribution is 2.20. The second kappa shape index (κ2) is 2.64. The highest BCUT2D eigenvalue weighted by Gasteiger charge is 2.09. The van der Waals surface area contributed by atoms with Crippen molar-refractivity contribution in [1.82, 2.24) is 9.13 Å². The number of rotatable bonds is 0. The topological polar surface area (TPSA) is 26.9 Å². The molecule has 0 aliphatic rings. The van der Waals surface area contributed by atoms with Gasteiger partial charge in [0, 0.05) is 14.1 Å². The molecule has 68 valence electrons. The van der Waals surface area contributed by atoms with E-state index in [-0.39, 0.29) is 5.69 Å². The second-order valence-corrected chi connectivity index (χ2v) is 3.42. The summed E-state index contributed by atoms with van der Waals surface area (Å²) in [6.45, 7) is 0. The second-order valence-electron chi connectivity index (χ2n) is 3.01. The molecule has 0 unspecified atom stereocenters. The minimum absolute atomic E-state index is 0.0527. The van der Waals surface area contributed by atoms with Gasteiger partial charge in [-0.2, -0.15) is 0 Å². The van der Waals surface area contributed by atoms with Gasteiger partial charge in [0.25, 0.3) is 0 Å². The van der Waals surface area contributed by atoms with Gasteiger partial charge >= 0.3 is 5.69 Å². The summed E-state index contributed by atoms with van der Waals surface area (Å²) in [7, 11) is 3.46. The van der Waals surface area contributed by atoms with Crippen molar-refractivity contribution in [3.05, 3.63) is 33.7 Å². The lowest BCUT2D eigenvalue weighted by molar-refractivity contribution is 0.795. The first-order valence-corrected chi connectivity index (χ1v) is 4.30. The summed E-state index contributed by atoms with van der Waals surface area (Å²) in [5.41, 5.74) is 1.60. The first-order valence-electron chi connectivity index (χ1n) is 3.93. The van der Waals surface area contributed by atoms with Crippen LogP contribution in [-0.4, -0.2) is 9.13 Å². The molecule has 0 aliphatic carbocycles. The number of aryl methyl sites for hydroxylation is 2. The molecule has 3 nitrogen and oxygen atoms in total. The zero-order valence-electron chi connectivity index (χ0n) is 7.41. The number of hydrogen-bond acceptors (Lipinski definition) is 1. The van der Waals surface area contributed by atoms with Crippen LogP contribution in [0.1, 0.15) is 0 Å². The highest BCUT2D eigenvalue weighted by molar-refractivity contribution is 6.34. The number of hydrogen-bond donors (Lipinski definition) is 0. The van der Waals surface area contributed by atoms with E-state index in [4.69, 9.17) is 11.6 Å². The molecule has 0 N–H and O–H groups in total. The standard InChI is InChI=1S/C9H9ClN2O/c1-11-7-5-3-4-6(10)8(7)12(2)9(11)13/h3-5H,1-2H3. The van der Waals surface area contributed by atoms with Gasteiger partial charge in [0.05, 0.1) is 16.1 Å². The molecular weight excluding hydrogens is 188 g/mol. The summed E-state index contributed by atoms with van der Waals surface area (Å²) < 4.78 is 3.14. The van der Waals surface area contributed by atoms with E-state index < -0.39 is 0 Å². The molecule has 0 aliphatic heterocycles. The van der Waals surface area contributed by atoms with Gasteiger partial charge in [0.1, 0.15) is 0 Å². The Morgan fingerprint density at radius 1 is 1.23 bits per heavy atom.